The fraction of sp³-hybridized carbons (Fsp3) is 0.357. The van der Waals surface area contributed by atoms with E-state index in [2.05, 4.69) is 12.2 Å². The molecular weight excluding hydrogens is 200 g/mol. The minimum absolute atomic E-state index is 0.223. The Hall–Kier alpha value is -1.57. The van der Waals surface area contributed by atoms with Crippen LogP contribution in [0.15, 0.2) is 42.5 Å². The van der Waals surface area contributed by atoms with Crippen LogP contribution in [0.1, 0.15) is 29.6 Å². The Labute approximate surface area is 95.9 Å². The van der Waals surface area contributed by atoms with Crippen LogP contribution < -0.4 is 0 Å². The molecule has 1 aromatic rings. The molecule has 0 aliphatic heterocycles. The van der Waals surface area contributed by atoms with Gasteiger partial charge in [0.05, 0.1) is 12.2 Å². The number of ether oxygens (including phenoxy) is 1. The first-order valence-electron chi connectivity index (χ1n) is 5.75. The maximum atomic E-state index is 11.6. The van der Waals surface area contributed by atoms with Gasteiger partial charge in [0.25, 0.3) is 0 Å². The maximum absolute atomic E-state index is 11.6. The van der Waals surface area contributed by atoms with Crippen molar-refractivity contribution in [3.63, 3.8) is 0 Å². The van der Waals surface area contributed by atoms with Crippen LogP contribution in [0.2, 0.25) is 0 Å². The Morgan fingerprint density at radius 3 is 2.81 bits per heavy atom. The second-order valence-corrected chi connectivity index (χ2v) is 4.08. The van der Waals surface area contributed by atoms with Gasteiger partial charge in [-0.1, -0.05) is 30.4 Å². The van der Waals surface area contributed by atoms with Crippen molar-refractivity contribution in [2.24, 2.45) is 5.92 Å². The average Bonchev–Trinajstić information content (AvgIpc) is 2.38. The van der Waals surface area contributed by atoms with E-state index in [1.54, 1.807) is 12.1 Å². The van der Waals surface area contributed by atoms with Crippen molar-refractivity contribution in [1.82, 2.24) is 0 Å². The first kappa shape index (κ1) is 10.9. The quantitative estimate of drug-likeness (QED) is 0.573. The number of rotatable bonds is 3. The van der Waals surface area contributed by atoms with Crippen molar-refractivity contribution >= 4 is 5.97 Å². The van der Waals surface area contributed by atoms with Gasteiger partial charge in [-0.2, -0.15) is 0 Å². The Bertz CT molecular complexity index is 368. The Morgan fingerprint density at radius 1 is 1.31 bits per heavy atom. The molecule has 1 aliphatic carbocycles. The molecule has 0 amide bonds. The van der Waals surface area contributed by atoms with Gasteiger partial charge >= 0.3 is 5.97 Å². The molecule has 0 bridgehead atoms. The number of allylic oxidation sites excluding steroid dienone is 1. The molecule has 0 radical (unpaired) electrons. The zero-order valence-electron chi connectivity index (χ0n) is 9.26. The summed E-state index contributed by atoms with van der Waals surface area (Å²) in [6.45, 7) is 0.504. The standard InChI is InChI=1S/C14H16O2/c15-14(13-9-5-2-6-10-13)16-11-12-7-3-1-4-8-12/h2-3,5-7,9-10,12H,1,4,8,11H2/t12-/m1/s1. The van der Waals surface area contributed by atoms with Crippen molar-refractivity contribution in [3.05, 3.63) is 48.0 Å². The molecule has 2 heteroatoms. The normalized spacial score (nSPS) is 19.4. The number of carbonyl (C=O) groups excluding carboxylic acids is 1. The summed E-state index contributed by atoms with van der Waals surface area (Å²) in [7, 11) is 0. The monoisotopic (exact) mass is 216 g/mol. The molecule has 84 valence electrons. The summed E-state index contributed by atoms with van der Waals surface area (Å²) in [5, 5.41) is 0. The third kappa shape index (κ3) is 2.96. The van der Waals surface area contributed by atoms with Crippen molar-refractivity contribution in [2.75, 3.05) is 6.61 Å². The van der Waals surface area contributed by atoms with E-state index in [1.807, 2.05) is 18.2 Å². The van der Waals surface area contributed by atoms with Gasteiger partial charge < -0.3 is 4.74 Å². The Morgan fingerprint density at radius 2 is 2.12 bits per heavy atom. The van der Waals surface area contributed by atoms with Gasteiger partial charge in [0.15, 0.2) is 0 Å². The van der Waals surface area contributed by atoms with Crippen LogP contribution in [0.5, 0.6) is 0 Å². The van der Waals surface area contributed by atoms with Gasteiger partial charge in [-0.3, -0.25) is 0 Å². The summed E-state index contributed by atoms with van der Waals surface area (Å²) >= 11 is 0. The zero-order chi connectivity index (χ0) is 11.2. The number of esters is 1. The smallest absolute Gasteiger partial charge is 0.338 e. The lowest BCUT2D eigenvalue weighted by atomic mass is 9.97. The highest BCUT2D eigenvalue weighted by molar-refractivity contribution is 5.89. The first-order valence-corrected chi connectivity index (χ1v) is 5.75. The summed E-state index contributed by atoms with van der Waals surface area (Å²) in [6.07, 6.45) is 7.80. The van der Waals surface area contributed by atoms with Crippen LogP contribution in [-0.2, 0) is 4.74 Å². The fourth-order valence-electron chi connectivity index (χ4n) is 1.86. The van der Waals surface area contributed by atoms with Gasteiger partial charge in [-0.15, -0.1) is 0 Å². The van der Waals surface area contributed by atoms with Crippen molar-refractivity contribution in [2.45, 2.75) is 19.3 Å². The van der Waals surface area contributed by atoms with E-state index in [9.17, 15) is 4.79 Å². The van der Waals surface area contributed by atoms with Gasteiger partial charge in [0, 0.05) is 5.92 Å². The predicted octanol–water partition coefficient (Wildman–Crippen LogP) is 3.20. The molecule has 0 heterocycles. The van der Waals surface area contributed by atoms with Gasteiger partial charge in [0.2, 0.25) is 0 Å². The molecule has 0 unspecified atom stereocenters. The number of carbonyl (C=O) groups is 1. The van der Waals surface area contributed by atoms with Gasteiger partial charge in [0.1, 0.15) is 0 Å². The number of hydrogen-bond acceptors (Lipinski definition) is 2. The van der Waals surface area contributed by atoms with Crippen LogP contribution in [0.4, 0.5) is 0 Å². The molecule has 1 aromatic carbocycles. The first-order chi connectivity index (χ1) is 7.86. The molecule has 0 aromatic heterocycles. The van der Waals surface area contributed by atoms with Crippen LogP contribution in [0.3, 0.4) is 0 Å². The number of benzene rings is 1. The molecule has 0 N–H and O–H groups in total. The van der Waals surface area contributed by atoms with E-state index in [-0.39, 0.29) is 5.97 Å². The zero-order valence-corrected chi connectivity index (χ0v) is 9.26. The molecule has 0 fully saturated rings. The minimum Gasteiger partial charge on any atom is -0.461 e. The highest BCUT2D eigenvalue weighted by atomic mass is 16.5. The third-order valence-corrected chi connectivity index (χ3v) is 2.79. The SMILES string of the molecule is O=C(OC[C@@H]1C=CCCC1)c1ccccc1. The maximum Gasteiger partial charge on any atom is 0.338 e. The third-order valence-electron chi connectivity index (χ3n) is 2.79. The summed E-state index contributed by atoms with van der Waals surface area (Å²) in [5.41, 5.74) is 0.627. The predicted molar refractivity (Wildman–Crippen MR) is 63.2 cm³/mol. The molecule has 16 heavy (non-hydrogen) atoms. The molecule has 1 atom stereocenters. The largest absolute Gasteiger partial charge is 0.461 e. The molecular formula is C14H16O2. The van der Waals surface area contributed by atoms with Crippen LogP contribution >= 0.6 is 0 Å². The molecule has 2 rings (SSSR count). The summed E-state index contributed by atoms with van der Waals surface area (Å²) in [5.74, 6) is 0.181. The summed E-state index contributed by atoms with van der Waals surface area (Å²) in [4.78, 5) is 11.6. The van der Waals surface area contributed by atoms with E-state index in [0.29, 0.717) is 18.1 Å². The molecule has 0 spiro atoms. The second-order valence-electron chi connectivity index (χ2n) is 4.08. The average molecular weight is 216 g/mol. The topological polar surface area (TPSA) is 26.3 Å². The molecule has 0 saturated carbocycles. The minimum atomic E-state index is -0.223. The van der Waals surface area contributed by atoms with Crippen LogP contribution in [-0.4, -0.2) is 12.6 Å². The van der Waals surface area contributed by atoms with Crippen molar-refractivity contribution < 1.29 is 9.53 Å². The van der Waals surface area contributed by atoms with E-state index < -0.39 is 0 Å². The van der Waals surface area contributed by atoms with E-state index >= 15 is 0 Å². The van der Waals surface area contributed by atoms with E-state index in [0.717, 1.165) is 12.8 Å². The van der Waals surface area contributed by atoms with E-state index in [4.69, 9.17) is 4.74 Å². The highest BCUT2D eigenvalue weighted by Crippen LogP contribution is 2.17. The lowest BCUT2D eigenvalue weighted by Crippen LogP contribution is -2.14. The summed E-state index contributed by atoms with van der Waals surface area (Å²) < 4.78 is 5.28. The van der Waals surface area contributed by atoms with Gasteiger partial charge in [-0.25, -0.2) is 4.79 Å². The van der Waals surface area contributed by atoms with E-state index in [1.165, 1.54) is 6.42 Å². The van der Waals surface area contributed by atoms with Crippen molar-refractivity contribution in [1.29, 1.82) is 0 Å². The molecule has 2 nitrogen and oxygen atoms in total. The fourth-order valence-corrected chi connectivity index (χ4v) is 1.86. The second kappa shape index (κ2) is 5.50. The molecule has 0 saturated heterocycles. The van der Waals surface area contributed by atoms with Gasteiger partial charge in [-0.05, 0) is 31.4 Å². The Kier molecular flexibility index (Phi) is 3.76. The lowest BCUT2D eigenvalue weighted by molar-refractivity contribution is 0.0457. The van der Waals surface area contributed by atoms with Crippen LogP contribution in [0.25, 0.3) is 0 Å². The summed E-state index contributed by atoms with van der Waals surface area (Å²) in [6, 6.07) is 9.13. The van der Waals surface area contributed by atoms with Crippen LogP contribution in [0, 0.1) is 5.92 Å². The number of hydrogen-bond donors (Lipinski definition) is 0. The lowest BCUT2D eigenvalue weighted by Gasteiger charge is -2.15. The van der Waals surface area contributed by atoms with Crippen molar-refractivity contribution in [3.8, 4) is 0 Å². The highest BCUT2D eigenvalue weighted by Gasteiger charge is 2.12. The molecule has 1 aliphatic rings. The Balaban J connectivity index is 1.84.